The van der Waals surface area contributed by atoms with Crippen LogP contribution in [-0.4, -0.2) is 32.3 Å². The second-order valence-electron chi connectivity index (χ2n) is 7.33. The molecule has 1 amide bonds. The molecule has 5 nitrogen and oxygen atoms in total. The standard InChI is InChI=1S/C22H19ClN4O/c23-16-8-6-14(7-9-16)20-17-13-27(22(28)19-3-1-2-11-24-19)12-10-18(17)25-21(26-20)15-4-5-15/h1-3,6-9,11,15H,4-5,10,12-13H2. The molecule has 1 fully saturated rings. The van der Waals surface area contributed by atoms with Crippen molar-refractivity contribution in [2.45, 2.75) is 31.7 Å². The monoisotopic (exact) mass is 390 g/mol. The number of nitrogens with zero attached hydrogens (tertiary/aromatic N) is 4. The third-order valence-corrected chi connectivity index (χ3v) is 5.56. The van der Waals surface area contributed by atoms with Crippen molar-refractivity contribution in [1.82, 2.24) is 19.9 Å². The van der Waals surface area contributed by atoms with E-state index in [1.54, 1.807) is 12.3 Å². The smallest absolute Gasteiger partial charge is 0.272 e. The average molecular weight is 391 g/mol. The Morgan fingerprint density at radius 1 is 1.07 bits per heavy atom. The predicted molar refractivity (Wildman–Crippen MR) is 107 cm³/mol. The van der Waals surface area contributed by atoms with Crippen molar-refractivity contribution in [3.63, 3.8) is 0 Å². The first-order valence-corrected chi connectivity index (χ1v) is 9.93. The van der Waals surface area contributed by atoms with Gasteiger partial charge in [-0.3, -0.25) is 9.78 Å². The average Bonchev–Trinajstić information content (AvgIpc) is 3.59. The Morgan fingerprint density at radius 2 is 1.89 bits per heavy atom. The fraction of sp³-hybridized carbons (Fsp3) is 0.273. The van der Waals surface area contributed by atoms with E-state index in [0.29, 0.717) is 29.7 Å². The number of hydrogen-bond acceptors (Lipinski definition) is 4. The van der Waals surface area contributed by atoms with Gasteiger partial charge < -0.3 is 4.90 Å². The first kappa shape index (κ1) is 17.3. The molecule has 2 aromatic heterocycles. The van der Waals surface area contributed by atoms with Crippen LogP contribution in [0.4, 0.5) is 0 Å². The van der Waals surface area contributed by atoms with E-state index in [2.05, 4.69) is 4.98 Å². The molecular weight excluding hydrogens is 372 g/mol. The molecule has 3 heterocycles. The van der Waals surface area contributed by atoms with Crippen LogP contribution in [0, 0.1) is 0 Å². The molecule has 140 valence electrons. The van der Waals surface area contributed by atoms with E-state index in [-0.39, 0.29) is 5.91 Å². The van der Waals surface area contributed by atoms with Gasteiger partial charge in [-0.25, -0.2) is 9.97 Å². The topological polar surface area (TPSA) is 59.0 Å². The summed E-state index contributed by atoms with van der Waals surface area (Å²) in [5, 5.41) is 0.695. The number of rotatable bonds is 3. The first-order valence-electron chi connectivity index (χ1n) is 9.55. The van der Waals surface area contributed by atoms with E-state index in [4.69, 9.17) is 21.6 Å². The summed E-state index contributed by atoms with van der Waals surface area (Å²) in [5.74, 6) is 1.36. The third-order valence-electron chi connectivity index (χ3n) is 5.31. The number of carbonyl (C=O) groups excluding carboxylic acids is 1. The molecule has 28 heavy (non-hydrogen) atoms. The van der Waals surface area contributed by atoms with Crippen LogP contribution < -0.4 is 0 Å². The second-order valence-corrected chi connectivity index (χ2v) is 7.76. The lowest BCUT2D eigenvalue weighted by molar-refractivity contribution is 0.0727. The molecule has 5 rings (SSSR count). The van der Waals surface area contributed by atoms with Crippen LogP contribution in [0.3, 0.4) is 0 Å². The summed E-state index contributed by atoms with van der Waals surface area (Å²) < 4.78 is 0. The van der Waals surface area contributed by atoms with Crippen LogP contribution in [0.25, 0.3) is 11.3 Å². The van der Waals surface area contributed by atoms with Gasteiger partial charge in [0.15, 0.2) is 0 Å². The van der Waals surface area contributed by atoms with Gasteiger partial charge in [-0.1, -0.05) is 29.8 Å². The lowest BCUT2D eigenvalue weighted by atomic mass is 9.98. The van der Waals surface area contributed by atoms with E-state index >= 15 is 0 Å². The molecule has 1 aliphatic heterocycles. The maximum Gasteiger partial charge on any atom is 0.272 e. The Morgan fingerprint density at radius 3 is 2.61 bits per heavy atom. The summed E-state index contributed by atoms with van der Waals surface area (Å²) in [4.78, 5) is 28.7. The number of carbonyl (C=O) groups is 1. The third kappa shape index (κ3) is 3.27. The molecule has 0 bridgehead atoms. The van der Waals surface area contributed by atoms with Crippen LogP contribution in [0.2, 0.25) is 5.02 Å². The summed E-state index contributed by atoms with van der Waals surface area (Å²) >= 11 is 6.07. The molecule has 0 unspecified atom stereocenters. The molecule has 0 N–H and O–H groups in total. The van der Waals surface area contributed by atoms with Crippen molar-refractivity contribution in [1.29, 1.82) is 0 Å². The number of fused-ring (bicyclic) bond motifs is 1. The fourth-order valence-corrected chi connectivity index (χ4v) is 3.75. The highest BCUT2D eigenvalue weighted by molar-refractivity contribution is 6.30. The normalized spacial score (nSPS) is 16.0. The molecule has 2 aliphatic rings. The van der Waals surface area contributed by atoms with E-state index in [1.165, 1.54) is 0 Å². The Labute approximate surface area is 168 Å². The largest absolute Gasteiger partial charge is 0.332 e. The summed E-state index contributed by atoms with van der Waals surface area (Å²) in [6, 6.07) is 13.1. The first-order chi connectivity index (χ1) is 13.7. The fourth-order valence-electron chi connectivity index (χ4n) is 3.63. The van der Waals surface area contributed by atoms with Crippen molar-refractivity contribution in [3.05, 3.63) is 76.5 Å². The lowest BCUT2D eigenvalue weighted by Crippen LogP contribution is -2.37. The molecule has 0 saturated heterocycles. The quantitative estimate of drug-likeness (QED) is 0.670. The SMILES string of the molecule is O=C(c1ccccn1)N1CCc2nc(C3CC3)nc(-c3ccc(Cl)cc3)c2C1. The summed E-state index contributed by atoms with van der Waals surface area (Å²) in [5.41, 5.74) is 4.49. The highest BCUT2D eigenvalue weighted by Gasteiger charge is 2.31. The van der Waals surface area contributed by atoms with Crippen LogP contribution in [0.15, 0.2) is 48.7 Å². The van der Waals surface area contributed by atoms with Crippen LogP contribution >= 0.6 is 11.6 Å². The highest BCUT2D eigenvalue weighted by Crippen LogP contribution is 2.40. The van der Waals surface area contributed by atoms with Crippen LogP contribution in [0.5, 0.6) is 0 Å². The highest BCUT2D eigenvalue weighted by atomic mass is 35.5. The van der Waals surface area contributed by atoms with Gasteiger partial charge in [-0.15, -0.1) is 0 Å². The maximum absolute atomic E-state index is 12.9. The molecule has 1 aromatic carbocycles. The Bertz CT molecular complexity index is 1030. The van der Waals surface area contributed by atoms with Gasteiger partial charge in [0.05, 0.1) is 11.4 Å². The van der Waals surface area contributed by atoms with Gasteiger partial charge in [-0.05, 0) is 37.1 Å². The zero-order valence-corrected chi connectivity index (χ0v) is 16.1. The molecule has 1 aliphatic carbocycles. The summed E-state index contributed by atoms with van der Waals surface area (Å²) in [7, 11) is 0. The number of pyridine rings is 1. The van der Waals surface area contributed by atoms with Gasteiger partial charge in [0.25, 0.3) is 5.91 Å². The van der Waals surface area contributed by atoms with Gasteiger partial charge in [-0.2, -0.15) is 0 Å². The van der Waals surface area contributed by atoms with E-state index in [9.17, 15) is 4.79 Å². The molecule has 0 atom stereocenters. The van der Waals surface area contributed by atoms with E-state index in [0.717, 1.165) is 47.6 Å². The van der Waals surface area contributed by atoms with Crippen molar-refractivity contribution in [3.8, 4) is 11.3 Å². The maximum atomic E-state index is 12.9. The molecule has 6 heteroatoms. The van der Waals surface area contributed by atoms with Crippen molar-refractivity contribution in [2.75, 3.05) is 6.54 Å². The summed E-state index contributed by atoms with van der Waals surface area (Å²) in [6.07, 6.45) is 4.69. The molecule has 0 radical (unpaired) electrons. The Kier molecular flexibility index (Phi) is 4.32. The minimum absolute atomic E-state index is 0.0559. The minimum Gasteiger partial charge on any atom is -0.332 e. The lowest BCUT2D eigenvalue weighted by Gasteiger charge is -2.29. The van der Waals surface area contributed by atoms with Gasteiger partial charge in [0.1, 0.15) is 11.5 Å². The number of halogens is 1. The van der Waals surface area contributed by atoms with Crippen molar-refractivity contribution in [2.24, 2.45) is 0 Å². The van der Waals surface area contributed by atoms with E-state index < -0.39 is 0 Å². The molecule has 3 aromatic rings. The Balaban J connectivity index is 1.54. The molecular formula is C22H19ClN4O. The Hall–Kier alpha value is -2.79. The minimum atomic E-state index is -0.0559. The second kappa shape index (κ2) is 6.99. The van der Waals surface area contributed by atoms with Crippen LogP contribution in [0.1, 0.15) is 46.3 Å². The number of aromatic nitrogens is 3. The summed E-state index contributed by atoms with van der Waals surface area (Å²) in [6.45, 7) is 1.14. The number of hydrogen-bond donors (Lipinski definition) is 0. The molecule has 1 saturated carbocycles. The zero-order chi connectivity index (χ0) is 19.1. The molecule has 0 spiro atoms. The number of benzene rings is 1. The van der Waals surface area contributed by atoms with Gasteiger partial charge >= 0.3 is 0 Å². The zero-order valence-electron chi connectivity index (χ0n) is 15.3. The predicted octanol–water partition coefficient (Wildman–Crippen LogP) is 4.27. The van der Waals surface area contributed by atoms with Gasteiger partial charge in [0, 0.05) is 47.8 Å². The van der Waals surface area contributed by atoms with Gasteiger partial charge in [0.2, 0.25) is 0 Å². The van der Waals surface area contributed by atoms with Crippen molar-refractivity contribution < 1.29 is 4.79 Å². The number of amides is 1. The van der Waals surface area contributed by atoms with Crippen LogP contribution in [-0.2, 0) is 13.0 Å². The van der Waals surface area contributed by atoms with E-state index in [1.807, 2.05) is 41.3 Å². The van der Waals surface area contributed by atoms with Crippen molar-refractivity contribution >= 4 is 17.5 Å².